The number of benzene rings is 2. The first-order valence-corrected chi connectivity index (χ1v) is 10.7. The number of ether oxygens (including phenoxy) is 2. The Morgan fingerprint density at radius 3 is 2.28 bits per heavy atom. The van der Waals surface area contributed by atoms with E-state index in [1.165, 1.54) is 33.6 Å². The molecule has 29 heavy (non-hydrogen) atoms. The van der Waals surface area contributed by atoms with E-state index in [4.69, 9.17) is 21.1 Å². The molecule has 2 aromatic rings. The second-order valence-corrected chi connectivity index (χ2v) is 9.27. The molecule has 156 valence electrons. The lowest BCUT2D eigenvalue weighted by Gasteiger charge is -2.39. The minimum atomic E-state index is -0.116. The van der Waals surface area contributed by atoms with Crippen molar-refractivity contribution in [3.8, 4) is 11.5 Å². The molecule has 4 nitrogen and oxygen atoms in total. The van der Waals surface area contributed by atoms with Gasteiger partial charge in [0.2, 0.25) is 0 Å². The van der Waals surface area contributed by atoms with Crippen molar-refractivity contribution in [3.05, 3.63) is 45.5 Å². The van der Waals surface area contributed by atoms with Gasteiger partial charge >= 0.3 is 0 Å². The highest BCUT2D eigenvalue weighted by molar-refractivity contribution is 6.32. The van der Waals surface area contributed by atoms with Gasteiger partial charge in [-0.15, -0.1) is 0 Å². The Labute approximate surface area is 179 Å². The average Bonchev–Trinajstić information content (AvgIpc) is 3.03. The number of methoxy groups -OCH3 is 1. The largest absolute Gasteiger partial charge is 0.495 e. The Balaban J connectivity index is 1.58. The van der Waals surface area contributed by atoms with E-state index in [1.807, 2.05) is 12.1 Å². The van der Waals surface area contributed by atoms with E-state index in [0.29, 0.717) is 5.02 Å². The number of anilines is 2. The van der Waals surface area contributed by atoms with Gasteiger partial charge < -0.3 is 19.3 Å². The third-order valence-corrected chi connectivity index (χ3v) is 6.73. The van der Waals surface area contributed by atoms with E-state index in [9.17, 15) is 0 Å². The van der Waals surface area contributed by atoms with Gasteiger partial charge in [0.1, 0.15) is 17.1 Å². The molecule has 0 spiro atoms. The van der Waals surface area contributed by atoms with Crippen LogP contribution in [0.25, 0.3) is 0 Å². The molecule has 0 amide bonds. The standard InChI is InChI=1S/C24H31ClN2O2/c1-15-16(2)23-19(14-24(4,5)29-23)17(3)22(15)27-11-9-26(10-12-27)18-7-8-20(25)21(13-18)28-6/h7-8,13H,9-12,14H2,1-6H3. The summed E-state index contributed by atoms with van der Waals surface area (Å²) in [6.07, 6.45) is 0.979. The number of hydrogen-bond donors (Lipinski definition) is 0. The predicted octanol–water partition coefficient (Wildman–Crippen LogP) is 5.31. The molecule has 2 aromatic carbocycles. The fraction of sp³-hybridized carbons (Fsp3) is 0.500. The van der Waals surface area contributed by atoms with E-state index in [2.05, 4.69) is 50.5 Å². The monoisotopic (exact) mass is 414 g/mol. The zero-order chi connectivity index (χ0) is 20.9. The van der Waals surface area contributed by atoms with Crippen LogP contribution >= 0.6 is 11.6 Å². The number of fused-ring (bicyclic) bond motifs is 1. The first-order valence-electron chi connectivity index (χ1n) is 10.4. The molecule has 0 atom stereocenters. The van der Waals surface area contributed by atoms with Crippen LogP contribution in [0.5, 0.6) is 11.5 Å². The van der Waals surface area contributed by atoms with Crippen LogP contribution in [0.3, 0.4) is 0 Å². The van der Waals surface area contributed by atoms with Crippen LogP contribution in [-0.2, 0) is 6.42 Å². The molecule has 4 rings (SSSR count). The molecular weight excluding hydrogens is 384 g/mol. The van der Waals surface area contributed by atoms with Gasteiger partial charge in [-0.05, 0) is 63.4 Å². The van der Waals surface area contributed by atoms with Gasteiger partial charge in [0.05, 0.1) is 12.1 Å². The van der Waals surface area contributed by atoms with E-state index in [-0.39, 0.29) is 5.60 Å². The molecular formula is C24H31ClN2O2. The molecule has 1 fully saturated rings. The molecule has 5 heteroatoms. The zero-order valence-electron chi connectivity index (χ0n) is 18.4. The molecule has 2 heterocycles. The third-order valence-electron chi connectivity index (χ3n) is 6.42. The summed E-state index contributed by atoms with van der Waals surface area (Å²) in [7, 11) is 1.66. The summed E-state index contributed by atoms with van der Waals surface area (Å²) in [4.78, 5) is 4.96. The molecule has 1 saturated heterocycles. The summed E-state index contributed by atoms with van der Waals surface area (Å²) < 4.78 is 11.7. The number of halogens is 1. The van der Waals surface area contributed by atoms with Crippen LogP contribution in [-0.4, -0.2) is 38.9 Å². The molecule has 0 N–H and O–H groups in total. The summed E-state index contributed by atoms with van der Waals surface area (Å²) in [6, 6.07) is 6.03. The van der Waals surface area contributed by atoms with Crippen LogP contribution in [0.1, 0.15) is 36.1 Å². The normalized spacial score (nSPS) is 17.9. The Kier molecular flexibility index (Phi) is 5.10. The van der Waals surface area contributed by atoms with Gasteiger partial charge in [-0.1, -0.05) is 11.6 Å². The fourth-order valence-corrected chi connectivity index (χ4v) is 4.96. The Bertz CT molecular complexity index is 947. The van der Waals surface area contributed by atoms with Crippen molar-refractivity contribution in [3.63, 3.8) is 0 Å². The van der Waals surface area contributed by atoms with Crippen LogP contribution in [0.2, 0.25) is 5.02 Å². The smallest absolute Gasteiger partial charge is 0.139 e. The maximum Gasteiger partial charge on any atom is 0.139 e. The maximum absolute atomic E-state index is 6.29. The van der Waals surface area contributed by atoms with Crippen molar-refractivity contribution >= 4 is 23.0 Å². The van der Waals surface area contributed by atoms with Gasteiger partial charge in [0, 0.05) is 55.6 Å². The lowest BCUT2D eigenvalue weighted by atomic mass is 9.92. The summed E-state index contributed by atoms with van der Waals surface area (Å²) in [5, 5.41) is 0.653. The molecule has 0 radical (unpaired) electrons. The molecule has 0 unspecified atom stereocenters. The average molecular weight is 415 g/mol. The molecule has 2 aliphatic heterocycles. The fourth-order valence-electron chi connectivity index (χ4n) is 4.77. The number of nitrogens with zero attached hydrogens (tertiary/aromatic N) is 2. The lowest BCUT2D eigenvalue weighted by molar-refractivity contribution is 0.137. The number of hydrogen-bond acceptors (Lipinski definition) is 4. The van der Waals surface area contributed by atoms with Gasteiger partial charge in [-0.2, -0.15) is 0 Å². The maximum atomic E-state index is 6.29. The number of rotatable bonds is 3. The van der Waals surface area contributed by atoms with Gasteiger partial charge in [-0.25, -0.2) is 0 Å². The summed E-state index contributed by atoms with van der Waals surface area (Å²) in [6.45, 7) is 15.0. The molecule has 0 saturated carbocycles. The quantitative estimate of drug-likeness (QED) is 0.679. The molecule has 0 bridgehead atoms. The SMILES string of the molecule is COc1cc(N2CCN(c3c(C)c(C)c4c(c3C)CC(C)(C)O4)CC2)ccc1Cl. The zero-order valence-corrected chi connectivity index (χ0v) is 19.1. The summed E-state index contributed by atoms with van der Waals surface area (Å²) in [5.41, 5.74) is 7.86. The Hall–Kier alpha value is -2.07. The highest BCUT2D eigenvalue weighted by Gasteiger charge is 2.35. The van der Waals surface area contributed by atoms with E-state index >= 15 is 0 Å². The second-order valence-electron chi connectivity index (χ2n) is 8.86. The van der Waals surface area contributed by atoms with Gasteiger partial charge in [0.25, 0.3) is 0 Å². The van der Waals surface area contributed by atoms with Crippen molar-refractivity contribution < 1.29 is 9.47 Å². The van der Waals surface area contributed by atoms with E-state index in [1.54, 1.807) is 7.11 Å². The van der Waals surface area contributed by atoms with Gasteiger partial charge in [-0.3, -0.25) is 0 Å². The topological polar surface area (TPSA) is 24.9 Å². The van der Waals surface area contributed by atoms with Crippen LogP contribution in [0, 0.1) is 20.8 Å². The summed E-state index contributed by atoms with van der Waals surface area (Å²) >= 11 is 6.19. The number of piperazine rings is 1. The van der Waals surface area contributed by atoms with Crippen molar-refractivity contribution in [1.82, 2.24) is 0 Å². The molecule has 0 aromatic heterocycles. The summed E-state index contributed by atoms with van der Waals surface area (Å²) in [5.74, 6) is 1.84. The first-order chi connectivity index (χ1) is 13.7. The highest BCUT2D eigenvalue weighted by Crippen LogP contribution is 2.45. The Morgan fingerprint density at radius 2 is 1.62 bits per heavy atom. The predicted molar refractivity (Wildman–Crippen MR) is 121 cm³/mol. The van der Waals surface area contributed by atoms with Crippen molar-refractivity contribution in [1.29, 1.82) is 0 Å². The van der Waals surface area contributed by atoms with E-state index < -0.39 is 0 Å². The highest BCUT2D eigenvalue weighted by atomic mass is 35.5. The van der Waals surface area contributed by atoms with Crippen LogP contribution in [0.15, 0.2) is 18.2 Å². The first kappa shape index (κ1) is 20.2. The third kappa shape index (κ3) is 3.52. The molecule has 0 aliphatic carbocycles. The van der Waals surface area contributed by atoms with Gasteiger partial charge in [0.15, 0.2) is 0 Å². The van der Waals surface area contributed by atoms with Crippen LogP contribution < -0.4 is 19.3 Å². The van der Waals surface area contributed by atoms with Crippen molar-refractivity contribution in [2.24, 2.45) is 0 Å². The minimum Gasteiger partial charge on any atom is -0.495 e. The van der Waals surface area contributed by atoms with Crippen molar-refractivity contribution in [2.75, 3.05) is 43.1 Å². The van der Waals surface area contributed by atoms with Crippen molar-refractivity contribution in [2.45, 2.75) is 46.6 Å². The van der Waals surface area contributed by atoms with E-state index in [0.717, 1.165) is 44.1 Å². The lowest BCUT2D eigenvalue weighted by Crippen LogP contribution is -2.47. The molecule has 2 aliphatic rings. The second kappa shape index (κ2) is 7.32. The minimum absolute atomic E-state index is 0.116. The Morgan fingerprint density at radius 1 is 0.966 bits per heavy atom. The van der Waals surface area contributed by atoms with Crippen LogP contribution in [0.4, 0.5) is 11.4 Å².